The molecule has 0 atom stereocenters. The summed E-state index contributed by atoms with van der Waals surface area (Å²) >= 11 is 13.5. The van der Waals surface area contributed by atoms with Gasteiger partial charge in [-0.15, -0.1) is 16.9 Å². The van der Waals surface area contributed by atoms with Crippen LogP contribution in [0.25, 0.3) is 5.69 Å². The average Bonchev–Trinajstić information content (AvgIpc) is 2.99. The molecule has 0 radical (unpaired) electrons. The highest BCUT2D eigenvalue weighted by Crippen LogP contribution is 2.31. The molecule has 1 N–H and O–H groups in total. The summed E-state index contributed by atoms with van der Waals surface area (Å²) in [6, 6.07) is 16.2. The van der Waals surface area contributed by atoms with Crippen molar-refractivity contribution in [3.05, 3.63) is 69.7 Å². The number of aromatic nitrogens is 2. The van der Waals surface area contributed by atoms with E-state index in [1.807, 2.05) is 37.3 Å². The van der Waals surface area contributed by atoms with Crippen LogP contribution in [0, 0.1) is 11.3 Å². The first-order chi connectivity index (χ1) is 13.0. The number of rotatable bonds is 5. The van der Waals surface area contributed by atoms with Crippen LogP contribution in [0.15, 0.2) is 53.6 Å². The van der Waals surface area contributed by atoms with Gasteiger partial charge in [0.2, 0.25) is 0 Å². The minimum atomic E-state index is -0.459. The third-order valence-corrected chi connectivity index (χ3v) is 5.13. The van der Waals surface area contributed by atoms with Gasteiger partial charge in [-0.05, 0) is 36.1 Å². The van der Waals surface area contributed by atoms with E-state index in [4.69, 9.17) is 23.2 Å². The Labute approximate surface area is 170 Å². The summed E-state index contributed by atoms with van der Waals surface area (Å²) < 4.78 is 1.66. The lowest BCUT2D eigenvalue weighted by molar-refractivity contribution is 0.102. The van der Waals surface area contributed by atoms with Crippen LogP contribution >= 0.6 is 35.0 Å². The summed E-state index contributed by atoms with van der Waals surface area (Å²) in [5, 5.41) is 18.1. The van der Waals surface area contributed by atoms with E-state index in [2.05, 4.69) is 16.5 Å². The van der Waals surface area contributed by atoms with Crippen LogP contribution in [0.4, 0.5) is 5.82 Å². The molecule has 3 rings (SSSR count). The number of nitrogens with zero attached hydrogens (tertiary/aromatic N) is 3. The van der Waals surface area contributed by atoms with Gasteiger partial charge in [-0.1, -0.05) is 48.3 Å². The van der Waals surface area contributed by atoms with Crippen molar-refractivity contribution >= 4 is 46.7 Å². The molecule has 0 unspecified atom stereocenters. The maximum Gasteiger partial charge on any atom is 0.258 e. The zero-order valence-electron chi connectivity index (χ0n) is 14.2. The Balaban J connectivity index is 2.03. The molecular formula is C19H14Cl2N4OS. The van der Waals surface area contributed by atoms with Gasteiger partial charge in [-0.2, -0.15) is 5.26 Å². The summed E-state index contributed by atoms with van der Waals surface area (Å²) in [7, 11) is 0. The zero-order chi connectivity index (χ0) is 19.4. The van der Waals surface area contributed by atoms with Gasteiger partial charge in [0.1, 0.15) is 16.7 Å². The molecule has 1 aromatic heterocycles. The molecule has 1 amide bonds. The summed E-state index contributed by atoms with van der Waals surface area (Å²) in [5.41, 5.74) is 1.36. The normalized spacial score (nSPS) is 10.4. The molecule has 0 saturated heterocycles. The lowest BCUT2D eigenvalue weighted by Crippen LogP contribution is -2.14. The van der Waals surface area contributed by atoms with Gasteiger partial charge in [0, 0.05) is 5.02 Å². The number of carbonyl (C=O) groups excluding carboxylic acids is 1. The molecule has 2 aromatic carbocycles. The first-order valence-electron chi connectivity index (χ1n) is 8.03. The lowest BCUT2D eigenvalue weighted by atomic mass is 10.2. The predicted octanol–water partition coefficient (Wildman–Crippen LogP) is 5.42. The second kappa shape index (κ2) is 8.49. The fourth-order valence-corrected chi connectivity index (χ4v) is 3.78. The van der Waals surface area contributed by atoms with Crippen molar-refractivity contribution < 1.29 is 4.79 Å². The van der Waals surface area contributed by atoms with Gasteiger partial charge in [0.15, 0.2) is 5.82 Å². The molecule has 0 saturated carbocycles. The fourth-order valence-electron chi connectivity index (χ4n) is 2.45. The average molecular weight is 417 g/mol. The van der Waals surface area contributed by atoms with Crippen LogP contribution in [0.3, 0.4) is 0 Å². The molecular weight excluding hydrogens is 403 g/mol. The Hall–Kier alpha value is -2.46. The van der Waals surface area contributed by atoms with Crippen molar-refractivity contribution in [3.8, 4) is 11.8 Å². The van der Waals surface area contributed by atoms with E-state index in [0.717, 1.165) is 11.4 Å². The van der Waals surface area contributed by atoms with Crippen molar-refractivity contribution in [1.29, 1.82) is 5.26 Å². The van der Waals surface area contributed by atoms with Crippen LogP contribution in [0.1, 0.15) is 22.8 Å². The van der Waals surface area contributed by atoms with E-state index in [0.29, 0.717) is 15.6 Å². The van der Waals surface area contributed by atoms with Crippen LogP contribution in [0.2, 0.25) is 10.0 Å². The van der Waals surface area contributed by atoms with Crippen molar-refractivity contribution in [2.45, 2.75) is 11.9 Å². The van der Waals surface area contributed by atoms with Crippen LogP contribution in [0.5, 0.6) is 0 Å². The number of para-hydroxylation sites is 1. The number of halogens is 2. The van der Waals surface area contributed by atoms with Gasteiger partial charge < -0.3 is 5.32 Å². The van der Waals surface area contributed by atoms with Crippen molar-refractivity contribution in [1.82, 2.24) is 9.78 Å². The van der Waals surface area contributed by atoms with E-state index in [1.54, 1.807) is 10.7 Å². The minimum Gasteiger partial charge on any atom is -0.304 e. The maximum atomic E-state index is 12.6. The molecule has 0 aliphatic rings. The number of thioether (sulfide) groups is 1. The van der Waals surface area contributed by atoms with Crippen LogP contribution in [-0.4, -0.2) is 21.4 Å². The lowest BCUT2D eigenvalue weighted by Gasteiger charge is -2.05. The number of carbonyl (C=O) groups is 1. The Morgan fingerprint density at radius 1 is 1.26 bits per heavy atom. The SMILES string of the molecule is CCSc1c(C#N)c(NC(=O)c2ccc(Cl)cc2Cl)nn1-c1ccccc1. The molecule has 5 nitrogen and oxygen atoms in total. The zero-order valence-corrected chi connectivity index (χ0v) is 16.6. The van der Waals surface area contributed by atoms with Gasteiger partial charge in [-0.25, -0.2) is 4.68 Å². The summed E-state index contributed by atoms with van der Waals surface area (Å²) in [6.45, 7) is 1.99. The first-order valence-corrected chi connectivity index (χ1v) is 9.77. The highest BCUT2D eigenvalue weighted by molar-refractivity contribution is 7.99. The van der Waals surface area contributed by atoms with Gasteiger partial charge in [-0.3, -0.25) is 4.79 Å². The first kappa shape index (κ1) is 19.3. The Morgan fingerprint density at radius 3 is 2.63 bits per heavy atom. The quantitative estimate of drug-likeness (QED) is 0.563. The second-order valence-corrected chi connectivity index (χ2v) is 7.50. The van der Waals surface area contributed by atoms with E-state index in [1.165, 1.54) is 23.9 Å². The Bertz CT molecular complexity index is 1030. The molecule has 0 aliphatic heterocycles. The number of nitrogens with one attached hydrogen (secondary N) is 1. The number of nitriles is 1. The summed E-state index contributed by atoms with van der Waals surface area (Å²) in [6.07, 6.45) is 0. The van der Waals surface area contributed by atoms with E-state index in [9.17, 15) is 10.1 Å². The topological polar surface area (TPSA) is 70.7 Å². The summed E-state index contributed by atoms with van der Waals surface area (Å²) in [5.74, 6) is 0.483. The summed E-state index contributed by atoms with van der Waals surface area (Å²) in [4.78, 5) is 12.6. The third kappa shape index (κ3) is 4.11. The van der Waals surface area contributed by atoms with Crippen LogP contribution in [-0.2, 0) is 0 Å². The van der Waals surface area contributed by atoms with E-state index in [-0.39, 0.29) is 16.4 Å². The van der Waals surface area contributed by atoms with E-state index < -0.39 is 5.91 Å². The highest BCUT2D eigenvalue weighted by Gasteiger charge is 2.22. The largest absolute Gasteiger partial charge is 0.304 e. The Morgan fingerprint density at radius 2 is 2.00 bits per heavy atom. The molecule has 0 fully saturated rings. The van der Waals surface area contributed by atoms with Crippen molar-refractivity contribution in [3.63, 3.8) is 0 Å². The van der Waals surface area contributed by atoms with Gasteiger partial charge >= 0.3 is 0 Å². The number of benzene rings is 2. The third-order valence-electron chi connectivity index (χ3n) is 3.64. The maximum absolute atomic E-state index is 12.6. The molecule has 1 heterocycles. The van der Waals surface area contributed by atoms with Crippen molar-refractivity contribution in [2.24, 2.45) is 0 Å². The number of hydrogen-bond donors (Lipinski definition) is 1. The number of anilines is 1. The second-order valence-electron chi connectivity index (χ2n) is 5.40. The number of amides is 1. The molecule has 0 aliphatic carbocycles. The minimum absolute atomic E-state index is 0.188. The van der Waals surface area contributed by atoms with Gasteiger partial charge in [0.25, 0.3) is 5.91 Å². The predicted molar refractivity (Wildman–Crippen MR) is 109 cm³/mol. The smallest absolute Gasteiger partial charge is 0.258 e. The molecule has 27 heavy (non-hydrogen) atoms. The molecule has 0 bridgehead atoms. The van der Waals surface area contributed by atoms with E-state index >= 15 is 0 Å². The molecule has 0 spiro atoms. The van der Waals surface area contributed by atoms with Crippen molar-refractivity contribution in [2.75, 3.05) is 11.1 Å². The standard InChI is InChI=1S/C19H14Cl2N4OS/c1-2-27-19-15(11-22)17(24-25(19)13-6-4-3-5-7-13)23-18(26)14-9-8-12(20)10-16(14)21/h3-10H,2H2,1H3,(H,23,24,26). The molecule has 136 valence electrons. The molecule has 8 heteroatoms. The monoisotopic (exact) mass is 416 g/mol. The fraction of sp³-hybridized carbons (Fsp3) is 0.105. The Kier molecular flexibility index (Phi) is 6.07. The molecule has 3 aromatic rings. The highest BCUT2D eigenvalue weighted by atomic mass is 35.5. The number of hydrogen-bond acceptors (Lipinski definition) is 4. The van der Waals surface area contributed by atoms with Gasteiger partial charge in [0.05, 0.1) is 16.3 Å². The van der Waals surface area contributed by atoms with Crippen LogP contribution < -0.4 is 5.32 Å².